The molecule has 1 aliphatic heterocycles. The molecule has 256 valence electrons. The van der Waals surface area contributed by atoms with Crippen molar-refractivity contribution >= 4 is 29.2 Å². The number of benzene rings is 1. The lowest BCUT2D eigenvalue weighted by molar-refractivity contribution is -0.147. The summed E-state index contributed by atoms with van der Waals surface area (Å²) in [6, 6.07) is 4.22. The van der Waals surface area contributed by atoms with E-state index in [1.807, 2.05) is 7.05 Å². The van der Waals surface area contributed by atoms with Gasteiger partial charge in [0.25, 0.3) is 0 Å². The van der Waals surface area contributed by atoms with Crippen LogP contribution in [-0.4, -0.2) is 84.7 Å². The summed E-state index contributed by atoms with van der Waals surface area (Å²) in [6.07, 6.45) is 5.34. The monoisotopic (exact) mass is 659 g/mol. The normalized spacial score (nSPS) is 17.4. The number of likely N-dealkylation sites (N-methyl/N-ethyl adjacent to an activating group) is 1. The maximum absolute atomic E-state index is 15.4. The molecule has 0 bridgehead atoms. The summed E-state index contributed by atoms with van der Waals surface area (Å²) in [5.74, 6) is -8.75. The zero-order valence-electron chi connectivity index (χ0n) is 27.2. The number of hydrogen-bond donors (Lipinski definition) is 2. The van der Waals surface area contributed by atoms with Gasteiger partial charge >= 0.3 is 5.92 Å². The highest BCUT2D eigenvalue weighted by atomic mass is 19.3. The number of ketones is 1. The van der Waals surface area contributed by atoms with Crippen molar-refractivity contribution in [1.29, 1.82) is 0 Å². The van der Waals surface area contributed by atoms with Crippen LogP contribution in [0.25, 0.3) is 0 Å². The van der Waals surface area contributed by atoms with Gasteiger partial charge in [0.1, 0.15) is 17.6 Å². The molecule has 4 rings (SSSR count). The molecule has 1 saturated carbocycles. The molecule has 2 heterocycles. The van der Waals surface area contributed by atoms with E-state index >= 15 is 13.2 Å². The summed E-state index contributed by atoms with van der Waals surface area (Å²) in [5.41, 5.74) is -0.379. The molecular weight excluding hydrogens is 615 g/mol. The Morgan fingerprint density at radius 2 is 1.74 bits per heavy atom. The molecule has 13 heteroatoms. The van der Waals surface area contributed by atoms with Gasteiger partial charge in [0.05, 0.1) is 24.6 Å². The Morgan fingerprint density at radius 1 is 1.04 bits per heavy atom. The maximum atomic E-state index is 15.4. The Balaban J connectivity index is 1.49. The quantitative estimate of drug-likeness (QED) is 0.329. The van der Waals surface area contributed by atoms with E-state index in [9.17, 15) is 19.2 Å². The highest BCUT2D eigenvalue weighted by molar-refractivity contribution is 5.97. The first-order valence-electron chi connectivity index (χ1n) is 16.2. The minimum absolute atomic E-state index is 0.0372. The van der Waals surface area contributed by atoms with E-state index in [1.165, 1.54) is 25.4 Å². The molecule has 2 fully saturated rings. The number of pyridine rings is 1. The number of nitrogens with one attached hydrogen (secondary N) is 2. The molecule has 0 radical (unpaired) electrons. The van der Waals surface area contributed by atoms with Crippen molar-refractivity contribution in [1.82, 2.24) is 20.1 Å². The van der Waals surface area contributed by atoms with Crippen molar-refractivity contribution in [2.75, 3.05) is 45.7 Å². The zero-order chi connectivity index (χ0) is 34.1. The molecule has 1 saturated heterocycles. The Bertz CT molecular complexity index is 1430. The second-order valence-corrected chi connectivity index (χ2v) is 12.4. The van der Waals surface area contributed by atoms with Gasteiger partial charge in [-0.1, -0.05) is 32.3 Å². The molecule has 1 aromatic heterocycles. The molecule has 2 N–H and O–H groups in total. The number of Topliss-reactive ketones (excluding diaryl/α,β-unsaturated/α-hetero) is 1. The number of nitrogens with zero attached hydrogens (tertiary/aromatic N) is 3. The molecule has 47 heavy (non-hydrogen) atoms. The van der Waals surface area contributed by atoms with Crippen LogP contribution in [0.4, 0.5) is 18.9 Å². The average Bonchev–Trinajstić information content (AvgIpc) is 3.08. The number of carbonyl (C=O) groups excluding carboxylic acids is 4. The van der Waals surface area contributed by atoms with Crippen LogP contribution in [-0.2, 0) is 31.5 Å². The van der Waals surface area contributed by atoms with Crippen molar-refractivity contribution in [3.05, 3.63) is 53.6 Å². The Morgan fingerprint density at radius 3 is 2.38 bits per heavy atom. The third kappa shape index (κ3) is 9.30. The Labute approximate surface area is 273 Å². The highest BCUT2D eigenvalue weighted by Gasteiger charge is 2.44. The fourth-order valence-electron chi connectivity index (χ4n) is 6.19. The van der Waals surface area contributed by atoms with Crippen LogP contribution in [0.1, 0.15) is 63.0 Å². The average molecular weight is 660 g/mol. The number of methoxy groups -OCH3 is 1. The first-order valence-corrected chi connectivity index (χ1v) is 16.2. The number of piperazine rings is 1. The summed E-state index contributed by atoms with van der Waals surface area (Å²) >= 11 is 0. The predicted molar refractivity (Wildman–Crippen MR) is 169 cm³/mol. The second kappa shape index (κ2) is 16.2. The lowest BCUT2D eigenvalue weighted by Gasteiger charge is -2.34. The van der Waals surface area contributed by atoms with Gasteiger partial charge in [0.15, 0.2) is 0 Å². The van der Waals surface area contributed by atoms with E-state index in [-0.39, 0.29) is 42.0 Å². The largest absolute Gasteiger partial charge is 0.495 e. The maximum Gasteiger partial charge on any atom is 0.332 e. The van der Waals surface area contributed by atoms with E-state index in [4.69, 9.17) is 4.74 Å². The van der Waals surface area contributed by atoms with Crippen LogP contribution in [0.15, 0.2) is 36.7 Å². The third-order valence-corrected chi connectivity index (χ3v) is 9.12. The van der Waals surface area contributed by atoms with E-state index in [2.05, 4.69) is 20.5 Å². The minimum atomic E-state index is -3.91. The van der Waals surface area contributed by atoms with Crippen LogP contribution >= 0.6 is 0 Å². The van der Waals surface area contributed by atoms with Crippen LogP contribution in [0.5, 0.6) is 5.75 Å². The number of hydrogen-bond acceptors (Lipinski definition) is 7. The van der Waals surface area contributed by atoms with Gasteiger partial charge in [0, 0.05) is 57.6 Å². The topological polar surface area (TPSA) is 121 Å². The van der Waals surface area contributed by atoms with Gasteiger partial charge < -0.3 is 25.2 Å². The van der Waals surface area contributed by atoms with Gasteiger partial charge in [-0.3, -0.25) is 24.2 Å². The van der Waals surface area contributed by atoms with Crippen LogP contribution in [0, 0.1) is 17.7 Å². The minimum Gasteiger partial charge on any atom is -0.495 e. The van der Waals surface area contributed by atoms with Crippen molar-refractivity contribution in [2.24, 2.45) is 11.8 Å². The molecule has 3 amide bonds. The molecular formula is C34H44F3N5O5. The molecule has 2 atom stereocenters. The van der Waals surface area contributed by atoms with Crippen molar-refractivity contribution in [2.45, 2.75) is 70.3 Å². The number of anilines is 1. The molecule has 0 unspecified atom stereocenters. The number of rotatable bonds is 13. The molecule has 10 nitrogen and oxygen atoms in total. The standard InChI is InChI=1S/C34H44F3N5O5/c1-4-31(44)39-29(33(46)42-14-12-41(2)13-15-42)17-22-10-11-28(27(35)16-22)40-32(45)26(23-8-6-5-7-9-23)19-30(43)34(36,37)24-18-25(47-3)21-38-20-24/h10-11,16,18,20-21,23,26,29H,4-9,12-15,17,19H2,1-3H3,(H,39,44)(H,40,45)/t26-,29+/m0/s1. The third-order valence-electron chi connectivity index (χ3n) is 9.12. The van der Waals surface area contributed by atoms with Gasteiger partial charge in [0.2, 0.25) is 23.5 Å². The van der Waals surface area contributed by atoms with Crippen LogP contribution in [0.2, 0.25) is 0 Å². The second-order valence-electron chi connectivity index (χ2n) is 12.4. The number of ether oxygens (including phenoxy) is 1. The zero-order valence-corrected chi connectivity index (χ0v) is 27.2. The molecule has 1 aromatic carbocycles. The number of amides is 3. The van der Waals surface area contributed by atoms with Crippen molar-refractivity contribution in [3.63, 3.8) is 0 Å². The van der Waals surface area contributed by atoms with E-state index in [0.29, 0.717) is 44.6 Å². The van der Waals surface area contributed by atoms with Crippen molar-refractivity contribution in [3.8, 4) is 5.75 Å². The molecule has 2 aliphatic rings. The fraction of sp³-hybridized carbons (Fsp3) is 0.559. The lowest BCUT2D eigenvalue weighted by atomic mass is 9.76. The first kappa shape index (κ1) is 35.8. The molecule has 0 spiro atoms. The molecule has 1 aliphatic carbocycles. The van der Waals surface area contributed by atoms with E-state index in [0.717, 1.165) is 31.5 Å². The van der Waals surface area contributed by atoms with Gasteiger partial charge in [-0.2, -0.15) is 8.78 Å². The van der Waals surface area contributed by atoms with E-state index in [1.54, 1.807) is 17.9 Å². The fourth-order valence-corrected chi connectivity index (χ4v) is 6.19. The summed E-state index contributed by atoms with van der Waals surface area (Å²) < 4.78 is 51.0. The number of carbonyl (C=O) groups is 4. The van der Waals surface area contributed by atoms with Crippen LogP contribution < -0.4 is 15.4 Å². The predicted octanol–water partition coefficient (Wildman–Crippen LogP) is 4.33. The Hall–Kier alpha value is -4.00. The van der Waals surface area contributed by atoms with Crippen LogP contribution in [0.3, 0.4) is 0 Å². The lowest BCUT2D eigenvalue weighted by Crippen LogP contribution is -2.54. The summed E-state index contributed by atoms with van der Waals surface area (Å²) in [5, 5.41) is 5.28. The van der Waals surface area contributed by atoms with Gasteiger partial charge in [-0.05, 0) is 49.6 Å². The Kier molecular flexibility index (Phi) is 12.4. The van der Waals surface area contributed by atoms with E-state index < -0.39 is 47.4 Å². The smallest absolute Gasteiger partial charge is 0.332 e. The number of halogens is 3. The SMILES string of the molecule is CCC(=O)N[C@H](Cc1ccc(NC(=O)[C@@H](CC(=O)C(F)(F)c2cncc(OC)c2)C2CCCCC2)c(F)c1)C(=O)N1CCN(C)CC1. The summed E-state index contributed by atoms with van der Waals surface area (Å²) in [6.45, 7) is 4.11. The number of alkyl halides is 2. The van der Waals surface area contributed by atoms with Crippen molar-refractivity contribution < 1.29 is 37.1 Å². The highest BCUT2D eigenvalue weighted by Crippen LogP contribution is 2.38. The van der Waals surface area contributed by atoms with Gasteiger partial charge in [-0.25, -0.2) is 4.39 Å². The summed E-state index contributed by atoms with van der Waals surface area (Å²) in [4.78, 5) is 59.7. The first-order chi connectivity index (χ1) is 22.4. The number of aromatic nitrogens is 1. The summed E-state index contributed by atoms with van der Waals surface area (Å²) in [7, 11) is 3.26. The van der Waals surface area contributed by atoms with Gasteiger partial charge in [-0.15, -0.1) is 0 Å². The molecule has 2 aromatic rings.